The van der Waals surface area contributed by atoms with Crippen LogP contribution in [-0.4, -0.2) is 5.97 Å². The number of carbonyl (C=O) groups is 1. The lowest BCUT2D eigenvalue weighted by Gasteiger charge is -2.06. The maximum absolute atomic E-state index is 11.2. The third-order valence-electron chi connectivity index (χ3n) is 3.26. The van der Waals surface area contributed by atoms with Crippen LogP contribution in [0.3, 0.4) is 0 Å². The maximum Gasteiger partial charge on any atom is 0.308 e. The monoisotopic (exact) mass is 265 g/mol. The molecular formula is C16H11NO3. The average molecular weight is 265 g/mol. The van der Waals surface area contributed by atoms with Crippen molar-refractivity contribution in [3.8, 4) is 11.8 Å². The Bertz CT molecular complexity index is 884. The Labute approximate surface area is 115 Å². The minimum atomic E-state index is -0.379. The number of carbonyl (C=O) groups excluding carboxylic acids is 1. The smallest absolute Gasteiger partial charge is 0.308 e. The molecule has 0 saturated heterocycles. The number of nitrogens with zero attached hydrogens (tertiary/aromatic N) is 1. The minimum Gasteiger partial charge on any atom is -0.445 e. The number of furan rings is 1. The van der Waals surface area contributed by atoms with Crippen molar-refractivity contribution in [3.63, 3.8) is 0 Å². The number of ether oxygens (including phenoxy) is 1. The first-order valence-corrected chi connectivity index (χ1v) is 6.15. The second-order valence-electron chi connectivity index (χ2n) is 4.56. The molecule has 0 unspecified atom stereocenters. The summed E-state index contributed by atoms with van der Waals surface area (Å²) in [5.74, 6) is 0.385. The normalized spacial score (nSPS) is 10.7. The Balaban J connectivity index is 2.47. The van der Waals surface area contributed by atoms with E-state index in [1.807, 2.05) is 37.3 Å². The number of hydrogen-bond acceptors (Lipinski definition) is 4. The summed E-state index contributed by atoms with van der Waals surface area (Å²) in [6.07, 6.45) is 0. The molecule has 0 fully saturated rings. The predicted octanol–water partition coefficient (Wildman–Crippen LogP) is 3.69. The Hall–Kier alpha value is -2.80. The van der Waals surface area contributed by atoms with Crippen LogP contribution in [0.4, 0.5) is 0 Å². The van der Waals surface area contributed by atoms with Crippen molar-refractivity contribution < 1.29 is 13.9 Å². The summed E-state index contributed by atoms with van der Waals surface area (Å²) < 4.78 is 10.9. The molecule has 0 bridgehead atoms. The molecule has 2 aromatic carbocycles. The summed E-state index contributed by atoms with van der Waals surface area (Å²) in [4.78, 5) is 11.2. The summed E-state index contributed by atoms with van der Waals surface area (Å²) >= 11 is 0. The molecule has 4 nitrogen and oxygen atoms in total. The van der Waals surface area contributed by atoms with Crippen molar-refractivity contribution in [1.29, 1.82) is 5.26 Å². The van der Waals surface area contributed by atoms with Gasteiger partial charge in [0.2, 0.25) is 5.76 Å². The van der Waals surface area contributed by atoms with E-state index < -0.39 is 0 Å². The molecule has 0 spiro atoms. The van der Waals surface area contributed by atoms with Gasteiger partial charge in [-0.2, -0.15) is 5.26 Å². The second-order valence-corrected chi connectivity index (χ2v) is 4.56. The van der Waals surface area contributed by atoms with E-state index in [9.17, 15) is 4.79 Å². The van der Waals surface area contributed by atoms with E-state index in [-0.39, 0.29) is 11.7 Å². The molecule has 1 heterocycles. The Kier molecular flexibility index (Phi) is 2.69. The van der Waals surface area contributed by atoms with E-state index in [2.05, 4.69) is 0 Å². The first-order valence-electron chi connectivity index (χ1n) is 6.15. The largest absolute Gasteiger partial charge is 0.445 e. The minimum absolute atomic E-state index is 0.283. The van der Waals surface area contributed by atoms with Gasteiger partial charge in [0.1, 0.15) is 17.4 Å². The van der Waals surface area contributed by atoms with Crippen LogP contribution >= 0.6 is 0 Å². The van der Waals surface area contributed by atoms with Gasteiger partial charge in [0, 0.05) is 28.6 Å². The van der Waals surface area contributed by atoms with Gasteiger partial charge >= 0.3 is 5.97 Å². The first kappa shape index (κ1) is 12.2. The van der Waals surface area contributed by atoms with Crippen LogP contribution < -0.4 is 4.74 Å². The summed E-state index contributed by atoms with van der Waals surface area (Å²) in [6.45, 7) is 3.18. The molecule has 98 valence electrons. The van der Waals surface area contributed by atoms with Gasteiger partial charge in [-0.05, 0) is 13.0 Å². The van der Waals surface area contributed by atoms with Crippen LogP contribution in [0.25, 0.3) is 21.7 Å². The maximum atomic E-state index is 11.2. The SMILES string of the molecule is CC(=O)Oc1cc2c(C)c(C#N)oc2c2ccccc12. The van der Waals surface area contributed by atoms with Crippen molar-refractivity contribution >= 4 is 27.7 Å². The predicted molar refractivity (Wildman–Crippen MR) is 74.5 cm³/mol. The standard InChI is InChI=1S/C16H11NO3/c1-9-13-7-14(19-10(2)18)11-5-3-4-6-12(11)16(13)20-15(9)8-17/h3-7H,1-2H3. The van der Waals surface area contributed by atoms with Crippen molar-refractivity contribution in [2.75, 3.05) is 0 Å². The molecule has 0 aliphatic rings. The lowest BCUT2D eigenvalue weighted by molar-refractivity contribution is -0.131. The molecule has 3 rings (SSSR count). The molecule has 0 N–H and O–H groups in total. The van der Waals surface area contributed by atoms with Gasteiger partial charge in [0.15, 0.2) is 0 Å². The Morgan fingerprint density at radius 2 is 1.95 bits per heavy atom. The fourth-order valence-corrected chi connectivity index (χ4v) is 2.35. The quantitative estimate of drug-likeness (QED) is 0.497. The van der Waals surface area contributed by atoms with Gasteiger partial charge in [0.05, 0.1) is 0 Å². The number of aryl methyl sites for hydroxylation is 1. The van der Waals surface area contributed by atoms with E-state index in [0.29, 0.717) is 11.3 Å². The van der Waals surface area contributed by atoms with E-state index in [4.69, 9.17) is 14.4 Å². The molecule has 0 amide bonds. The molecule has 4 heteroatoms. The second kappa shape index (κ2) is 4.39. The zero-order chi connectivity index (χ0) is 14.3. The van der Waals surface area contributed by atoms with Crippen LogP contribution in [-0.2, 0) is 4.79 Å². The topological polar surface area (TPSA) is 63.2 Å². The zero-order valence-corrected chi connectivity index (χ0v) is 11.1. The molecular weight excluding hydrogens is 254 g/mol. The number of fused-ring (bicyclic) bond motifs is 3. The molecule has 0 saturated carbocycles. The number of rotatable bonds is 1. The summed E-state index contributed by atoms with van der Waals surface area (Å²) in [5, 5.41) is 11.5. The Morgan fingerprint density at radius 1 is 1.25 bits per heavy atom. The molecule has 20 heavy (non-hydrogen) atoms. The van der Waals surface area contributed by atoms with Gasteiger partial charge in [-0.1, -0.05) is 24.3 Å². The first-order chi connectivity index (χ1) is 9.61. The third-order valence-corrected chi connectivity index (χ3v) is 3.26. The van der Waals surface area contributed by atoms with Gasteiger partial charge < -0.3 is 9.15 Å². The fourth-order valence-electron chi connectivity index (χ4n) is 2.35. The average Bonchev–Trinajstić information content (AvgIpc) is 2.76. The fraction of sp³-hybridized carbons (Fsp3) is 0.125. The molecule has 0 atom stereocenters. The highest BCUT2D eigenvalue weighted by molar-refractivity contribution is 6.09. The summed E-state index contributed by atoms with van der Waals surface area (Å²) in [7, 11) is 0. The van der Waals surface area contributed by atoms with Gasteiger partial charge in [0.25, 0.3) is 0 Å². The highest BCUT2D eigenvalue weighted by Gasteiger charge is 2.16. The van der Waals surface area contributed by atoms with E-state index in [1.54, 1.807) is 6.07 Å². The molecule has 3 aromatic rings. The van der Waals surface area contributed by atoms with E-state index >= 15 is 0 Å². The van der Waals surface area contributed by atoms with Crippen LogP contribution in [0.2, 0.25) is 0 Å². The van der Waals surface area contributed by atoms with Crippen molar-refractivity contribution in [2.24, 2.45) is 0 Å². The van der Waals surface area contributed by atoms with Crippen LogP contribution in [0.1, 0.15) is 18.2 Å². The van der Waals surface area contributed by atoms with Gasteiger partial charge in [-0.15, -0.1) is 0 Å². The summed E-state index contributed by atoms with van der Waals surface area (Å²) in [5.41, 5.74) is 1.40. The van der Waals surface area contributed by atoms with Crippen LogP contribution in [0, 0.1) is 18.3 Å². The molecule has 0 aliphatic carbocycles. The molecule has 0 radical (unpaired) electrons. The van der Waals surface area contributed by atoms with E-state index in [0.717, 1.165) is 21.7 Å². The van der Waals surface area contributed by atoms with Gasteiger partial charge in [-0.3, -0.25) is 4.79 Å². The van der Waals surface area contributed by atoms with Crippen LogP contribution in [0.5, 0.6) is 5.75 Å². The van der Waals surface area contributed by atoms with E-state index in [1.165, 1.54) is 6.92 Å². The number of esters is 1. The Morgan fingerprint density at radius 3 is 2.60 bits per heavy atom. The third kappa shape index (κ3) is 1.72. The molecule has 1 aromatic heterocycles. The summed E-state index contributed by atoms with van der Waals surface area (Å²) in [6, 6.07) is 11.3. The van der Waals surface area contributed by atoms with Gasteiger partial charge in [-0.25, -0.2) is 0 Å². The van der Waals surface area contributed by atoms with Crippen molar-refractivity contribution in [3.05, 3.63) is 41.7 Å². The highest BCUT2D eigenvalue weighted by Crippen LogP contribution is 2.37. The van der Waals surface area contributed by atoms with Crippen LogP contribution in [0.15, 0.2) is 34.7 Å². The molecule has 0 aliphatic heterocycles. The number of hydrogen-bond donors (Lipinski definition) is 0. The van der Waals surface area contributed by atoms with Crippen molar-refractivity contribution in [2.45, 2.75) is 13.8 Å². The zero-order valence-electron chi connectivity index (χ0n) is 11.1. The lowest BCUT2D eigenvalue weighted by atomic mass is 10.0. The van der Waals surface area contributed by atoms with Crippen molar-refractivity contribution in [1.82, 2.24) is 0 Å². The number of benzene rings is 2. The number of nitriles is 1. The highest BCUT2D eigenvalue weighted by atomic mass is 16.5. The lowest BCUT2D eigenvalue weighted by Crippen LogP contribution is -2.01.